The average Bonchev–Trinajstić information content (AvgIpc) is 2.54. The molecule has 1 N–H and O–H groups in total. The minimum absolute atomic E-state index is 0.0328. The second kappa shape index (κ2) is 6.08. The fraction of sp³-hybridized carbons (Fsp3) is 0.158. The maximum atomic E-state index is 12.2. The molecule has 4 heteroatoms. The van der Waals surface area contributed by atoms with Crippen LogP contribution in [0, 0.1) is 13.8 Å². The van der Waals surface area contributed by atoms with Crippen LogP contribution in [-0.2, 0) is 6.54 Å². The van der Waals surface area contributed by atoms with E-state index in [0.717, 1.165) is 16.7 Å². The first-order chi connectivity index (χ1) is 11.0. The molecule has 0 saturated carbocycles. The lowest BCUT2D eigenvalue weighted by Gasteiger charge is -2.07. The normalized spacial score (nSPS) is 10.7. The van der Waals surface area contributed by atoms with Crippen LogP contribution in [0.5, 0.6) is 0 Å². The number of benzene rings is 2. The van der Waals surface area contributed by atoms with E-state index in [1.165, 1.54) is 6.07 Å². The summed E-state index contributed by atoms with van der Waals surface area (Å²) < 4.78 is 5.67. The minimum Gasteiger partial charge on any atom is -0.450 e. The summed E-state index contributed by atoms with van der Waals surface area (Å²) in [6.07, 6.45) is 0. The molecule has 2 aromatic carbocycles. The van der Waals surface area contributed by atoms with Crippen molar-refractivity contribution in [3.8, 4) is 0 Å². The molecule has 0 unspecified atom stereocenters. The zero-order valence-corrected chi connectivity index (χ0v) is 13.1. The van der Waals surface area contributed by atoms with Crippen LogP contribution < -0.4 is 10.7 Å². The second-order valence-electron chi connectivity index (χ2n) is 5.60. The largest absolute Gasteiger partial charge is 0.450 e. The van der Waals surface area contributed by atoms with Gasteiger partial charge in [0.05, 0.1) is 5.39 Å². The molecule has 0 bridgehead atoms. The third-order valence-corrected chi connectivity index (χ3v) is 3.68. The van der Waals surface area contributed by atoms with Crippen LogP contribution in [0.2, 0.25) is 0 Å². The van der Waals surface area contributed by atoms with Crippen LogP contribution >= 0.6 is 0 Å². The van der Waals surface area contributed by atoms with Crippen LogP contribution in [0.3, 0.4) is 0 Å². The summed E-state index contributed by atoms with van der Waals surface area (Å²) in [5.41, 5.74) is 3.07. The molecule has 116 valence electrons. The Morgan fingerprint density at radius 3 is 2.57 bits per heavy atom. The highest BCUT2D eigenvalue weighted by Gasteiger charge is 2.13. The molecule has 4 nitrogen and oxygen atoms in total. The van der Waals surface area contributed by atoms with Gasteiger partial charge in [-0.1, -0.05) is 36.4 Å². The fourth-order valence-electron chi connectivity index (χ4n) is 2.59. The Balaban J connectivity index is 1.91. The molecule has 0 aliphatic heterocycles. The summed E-state index contributed by atoms with van der Waals surface area (Å²) in [5, 5.41) is 3.27. The number of aryl methyl sites for hydroxylation is 2. The number of hydrogen-bond acceptors (Lipinski definition) is 3. The first-order valence-electron chi connectivity index (χ1n) is 7.42. The van der Waals surface area contributed by atoms with E-state index >= 15 is 0 Å². The van der Waals surface area contributed by atoms with E-state index < -0.39 is 5.91 Å². The molecular weight excluding hydrogens is 290 g/mol. The van der Waals surface area contributed by atoms with Gasteiger partial charge in [0.25, 0.3) is 5.91 Å². The zero-order chi connectivity index (χ0) is 16.4. The lowest BCUT2D eigenvalue weighted by molar-refractivity contribution is 0.0923. The number of nitrogens with one attached hydrogen (secondary N) is 1. The summed E-state index contributed by atoms with van der Waals surface area (Å²) in [6, 6.07) is 14.5. The van der Waals surface area contributed by atoms with Crippen LogP contribution in [0.1, 0.15) is 27.2 Å². The number of fused-ring (bicyclic) bond motifs is 1. The van der Waals surface area contributed by atoms with E-state index in [-0.39, 0.29) is 11.2 Å². The lowest BCUT2D eigenvalue weighted by Crippen LogP contribution is -2.24. The third kappa shape index (κ3) is 3.16. The predicted octanol–water partition coefficient (Wildman–Crippen LogP) is 3.34. The topological polar surface area (TPSA) is 59.3 Å². The lowest BCUT2D eigenvalue weighted by atomic mass is 10.1. The molecule has 1 heterocycles. The first kappa shape index (κ1) is 15.0. The molecule has 0 saturated heterocycles. The number of rotatable bonds is 3. The molecule has 1 aromatic heterocycles. The Morgan fingerprint density at radius 2 is 1.83 bits per heavy atom. The summed E-state index contributed by atoms with van der Waals surface area (Å²) in [6.45, 7) is 4.17. The van der Waals surface area contributed by atoms with Crippen LogP contribution in [0.25, 0.3) is 11.0 Å². The molecule has 23 heavy (non-hydrogen) atoms. The second-order valence-corrected chi connectivity index (χ2v) is 5.60. The Bertz CT molecular complexity index is 926. The van der Waals surface area contributed by atoms with Crippen molar-refractivity contribution in [2.75, 3.05) is 0 Å². The smallest absolute Gasteiger partial charge is 0.287 e. The van der Waals surface area contributed by atoms with Crippen molar-refractivity contribution in [3.63, 3.8) is 0 Å². The van der Waals surface area contributed by atoms with Crippen LogP contribution in [0.15, 0.2) is 57.7 Å². The molecule has 0 aliphatic carbocycles. The van der Waals surface area contributed by atoms with Crippen molar-refractivity contribution in [3.05, 3.63) is 81.2 Å². The van der Waals surface area contributed by atoms with E-state index in [9.17, 15) is 9.59 Å². The molecule has 3 aromatic rings. The molecule has 0 atom stereocenters. The maximum absolute atomic E-state index is 12.2. The van der Waals surface area contributed by atoms with Crippen molar-refractivity contribution in [1.82, 2.24) is 5.32 Å². The molecule has 3 rings (SSSR count). The van der Waals surface area contributed by atoms with Crippen molar-refractivity contribution >= 4 is 16.9 Å². The van der Waals surface area contributed by atoms with Gasteiger partial charge in [0.15, 0.2) is 11.2 Å². The van der Waals surface area contributed by atoms with Crippen LogP contribution in [-0.4, -0.2) is 5.91 Å². The molecule has 0 fully saturated rings. The SMILES string of the molecule is Cc1cc(C)c2oc(C(=O)NCc3ccccc3)cc(=O)c2c1. The summed E-state index contributed by atoms with van der Waals surface area (Å²) in [5.74, 6) is -0.363. The predicted molar refractivity (Wildman–Crippen MR) is 89.6 cm³/mol. The molecule has 0 aliphatic rings. The number of hydrogen-bond donors (Lipinski definition) is 1. The maximum Gasteiger partial charge on any atom is 0.287 e. The summed E-state index contributed by atoms with van der Waals surface area (Å²) >= 11 is 0. The number of carbonyl (C=O) groups excluding carboxylic acids is 1. The van der Waals surface area contributed by atoms with E-state index in [2.05, 4.69) is 5.32 Å². The van der Waals surface area contributed by atoms with Crippen LogP contribution in [0.4, 0.5) is 0 Å². The van der Waals surface area contributed by atoms with Gasteiger partial charge in [-0.3, -0.25) is 9.59 Å². The Hall–Kier alpha value is -2.88. The average molecular weight is 307 g/mol. The standard InChI is InChI=1S/C19H17NO3/c1-12-8-13(2)18-15(9-12)16(21)10-17(23-18)19(22)20-11-14-6-4-3-5-7-14/h3-10H,11H2,1-2H3,(H,20,22). The molecule has 0 radical (unpaired) electrons. The highest BCUT2D eigenvalue weighted by Crippen LogP contribution is 2.19. The monoisotopic (exact) mass is 307 g/mol. The molecular formula is C19H17NO3. The van der Waals surface area contributed by atoms with Gasteiger partial charge < -0.3 is 9.73 Å². The van der Waals surface area contributed by atoms with E-state index in [1.807, 2.05) is 50.2 Å². The van der Waals surface area contributed by atoms with Gasteiger partial charge >= 0.3 is 0 Å². The van der Waals surface area contributed by atoms with Gasteiger partial charge in [-0.2, -0.15) is 0 Å². The first-order valence-corrected chi connectivity index (χ1v) is 7.42. The van der Waals surface area contributed by atoms with E-state index in [1.54, 1.807) is 6.07 Å². The van der Waals surface area contributed by atoms with Gasteiger partial charge in [-0.15, -0.1) is 0 Å². The van der Waals surface area contributed by atoms with Crippen molar-refractivity contribution < 1.29 is 9.21 Å². The summed E-state index contributed by atoms with van der Waals surface area (Å²) in [4.78, 5) is 24.5. The van der Waals surface area contributed by atoms with Crippen molar-refractivity contribution in [2.24, 2.45) is 0 Å². The number of carbonyl (C=O) groups is 1. The minimum atomic E-state index is -0.396. The highest BCUT2D eigenvalue weighted by molar-refractivity contribution is 5.93. The Morgan fingerprint density at radius 1 is 1.09 bits per heavy atom. The van der Waals surface area contributed by atoms with Gasteiger partial charge in [-0.25, -0.2) is 0 Å². The van der Waals surface area contributed by atoms with Gasteiger partial charge in [0.1, 0.15) is 5.58 Å². The Labute approximate surface area is 133 Å². The van der Waals surface area contributed by atoms with Gasteiger partial charge in [-0.05, 0) is 36.6 Å². The van der Waals surface area contributed by atoms with Crippen molar-refractivity contribution in [1.29, 1.82) is 0 Å². The highest BCUT2D eigenvalue weighted by atomic mass is 16.3. The van der Waals surface area contributed by atoms with Crippen molar-refractivity contribution in [2.45, 2.75) is 20.4 Å². The molecule has 1 amide bonds. The third-order valence-electron chi connectivity index (χ3n) is 3.68. The molecule has 0 spiro atoms. The number of amides is 1. The quantitative estimate of drug-likeness (QED) is 0.807. The summed E-state index contributed by atoms with van der Waals surface area (Å²) in [7, 11) is 0. The van der Waals surface area contributed by atoms with Gasteiger partial charge in [0.2, 0.25) is 0 Å². The zero-order valence-electron chi connectivity index (χ0n) is 13.1. The van der Waals surface area contributed by atoms with Gasteiger partial charge in [0, 0.05) is 12.6 Å². The van der Waals surface area contributed by atoms with E-state index in [4.69, 9.17) is 4.42 Å². The van der Waals surface area contributed by atoms with E-state index in [0.29, 0.717) is 17.5 Å². The Kier molecular flexibility index (Phi) is 3.98. The fourth-order valence-corrected chi connectivity index (χ4v) is 2.59.